The van der Waals surface area contributed by atoms with E-state index in [9.17, 15) is 25.2 Å². The van der Waals surface area contributed by atoms with E-state index in [0.717, 1.165) is 0 Å². The van der Waals surface area contributed by atoms with Gasteiger partial charge in [-0.15, -0.1) is 0 Å². The molecule has 8 nitrogen and oxygen atoms in total. The Kier molecular flexibility index (Phi) is 7.07. The van der Waals surface area contributed by atoms with Crippen molar-refractivity contribution in [2.45, 2.75) is 36.6 Å². The molecule has 5 N–H and O–H groups in total. The molecule has 0 radical (unpaired) electrons. The molecule has 0 aromatic heterocycles. The van der Waals surface area contributed by atoms with Crippen molar-refractivity contribution in [2.75, 3.05) is 6.61 Å². The first-order chi connectivity index (χ1) is 7.40. The number of carbonyl (C=O) groups excluding carboxylic acids is 1. The van der Waals surface area contributed by atoms with Gasteiger partial charge in [-0.2, -0.15) is 0 Å². The predicted octanol–water partition coefficient (Wildman–Crippen LogP) is -8.06. The molecule has 17 heavy (non-hydrogen) atoms. The maximum absolute atomic E-state index is 10.4. The third-order valence-corrected chi connectivity index (χ3v) is 2.48. The molecule has 1 heterocycles. The Balaban J connectivity index is 0.00000256. The van der Waals surface area contributed by atoms with Crippen LogP contribution in [0.5, 0.6) is 0 Å². The normalized spacial score (nSPS) is 39.2. The number of aliphatic hydroxyl groups excluding tert-OH is 5. The van der Waals surface area contributed by atoms with E-state index in [4.69, 9.17) is 14.9 Å². The van der Waals surface area contributed by atoms with Crippen LogP contribution in [0, 0.1) is 0 Å². The molecule has 1 fully saturated rings. The topological polar surface area (TPSA) is 151 Å². The molecule has 0 amide bonds. The summed E-state index contributed by atoms with van der Waals surface area (Å²) in [6.07, 6.45) is -10.2. The minimum atomic E-state index is -2.16. The van der Waals surface area contributed by atoms with Crippen molar-refractivity contribution in [3.8, 4) is 0 Å². The van der Waals surface area contributed by atoms with Crippen molar-refractivity contribution in [3.63, 3.8) is 0 Å². The molecular formula is C8H13NaO8. The van der Waals surface area contributed by atoms with Gasteiger partial charge < -0.3 is 40.2 Å². The molecule has 1 rings (SSSR count). The van der Waals surface area contributed by atoms with E-state index in [-0.39, 0.29) is 29.6 Å². The summed E-state index contributed by atoms with van der Waals surface area (Å²) in [5.74, 6) is -1.88. The molecule has 0 saturated carbocycles. The van der Waals surface area contributed by atoms with Crippen LogP contribution >= 0.6 is 0 Å². The van der Waals surface area contributed by atoms with Gasteiger partial charge in [-0.25, -0.2) is 0 Å². The molecule has 0 spiro atoms. The summed E-state index contributed by atoms with van der Waals surface area (Å²) in [6, 6.07) is 0. The molecule has 1 aliphatic rings. The first kappa shape index (κ1) is 17.2. The summed E-state index contributed by atoms with van der Waals surface area (Å²) < 4.78 is 4.77. The van der Waals surface area contributed by atoms with Crippen molar-refractivity contribution >= 4 is 5.97 Å². The zero-order valence-corrected chi connectivity index (χ0v) is 11.1. The fourth-order valence-corrected chi connectivity index (χ4v) is 1.53. The number of hydrogen-bond donors (Lipinski definition) is 5. The maximum Gasteiger partial charge on any atom is 1.00 e. The van der Waals surface area contributed by atoms with Crippen molar-refractivity contribution in [2.24, 2.45) is 0 Å². The second-order valence-corrected chi connectivity index (χ2v) is 3.56. The first-order valence-electron chi connectivity index (χ1n) is 4.59. The van der Waals surface area contributed by atoms with Crippen LogP contribution in [0.1, 0.15) is 0 Å². The molecule has 9 heteroatoms. The van der Waals surface area contributed by atoms with Gasteiger partial charge in [-0.3, -0.25) is 0 Å². The van der Waals surface area contributed by atoms with Gasteiger partial charge in [-0.05, 0) is 0 Å². The Hall–Kier alpha value is 0.230. The van der Waals surface area contributed by atoms with Gasteiger partial charge in [0.1, 0.15) is 36.6 Å². The maximum atomic E-state index is 10.4. The first-order valence-corrected chi connectivity index (χ1v) is 4.59. The van der Waals surface area contributed by atoms with E-state index >= 15 is 0 Å². The van der Waals surface area contributed by atoms with Crippen molar-refractivity contribution in [3.05, 3.63) is 0 Å². The molecule has 1 saturated heterocycles. The fourth-order valence-electron chi connectivity index (χ4n) is 1.53. The fraction of sp³-hybridized carbons (Fsp3) is 0.875. The number of aliphatic hydroxyl groups is 5. The number of carboxylic acids is 1. The third kappa shape index (κ3) is 3.60. The SMILES string of the molecule is O=C([O-])C(O)C1O[C@H](CO)[C@H](O)[C@H](O)[C@H]1O.[Na+]. The Morgan fingerprint density at radius 3 is 2.18 bits per heavy atom. The second-order valence-electron chi connectivity index (χ2n) is 3.56. The second kappa shape index (κ2) is 6.98. The molecule has 0 bridgehead atoms. The molecule has 1 aliphatic heterocycles. The largest absolute Gasteiger partial charge is 1.00 e. The molecule has 0 aromatic rings. The van der Waals surface area contributed by atoms with Gasteiger partial charge in [0.15, 0.2) is 0 Å². The Morgan fingerprint density at radius 2 is 1.76 bits per heavy atom. The molecule has 94 valence electrons. The Bertz CT molecular complexity index is 260. The van der Waals surface area contributed by atoms with Gasteiger partial charge >= 0.3 is 29.6 Å². The van der Waals surface area contributed by atoms with Gasteiger partial charge in [0, 0.05) is 0 Å². The average Bonchev–Trinajstić information content (AvgIpc) is 2.25. The quantitative estimate of drug-likeness (QED) is 0.314. The summed E-state index contributed by atoms with van der Waals surface area (Å²) in [4.78, 5) is 10.4. The number of aliphatic carboxylic acids is 1. The predicted molar refractivity (Wildman–Crippen MR) is 44.8 cm³/mol. The Morgan fingerprint density at radius 1 is 1.24 bits per heavy atom. The molecule has 6 atom stereocenters. The minimum Gasteiger partial charge on any atom is -0.547 e. The van der Waals surface area contributed by atoms with Crippen LogP contribution in [0.4, 0.5) is 0 Å². The number of carboxylic acid groups (broad SMARTS) is 1. The van der Waals surface area contributed by atoms with Crippen LogP contribution < -0.4 is 34.7 Å². The smallest absolute Gasteiger partial charge is 0.547 e. The van der Waals surface area contributed by atoms with E-state index in [1.165, 1.54) is 0 Å². The van der Waals surface area contributed by atoms with Crippen molar-refractivity contribution in [1.82, 2.24) is 0 Å². The van der Waals surface area contributed by atoms with Crippen molar-refractivity contribution < 1.29 is 69.7 Å². The van der Waals surface area contributed by atoms with E-state index in [1.807, 2.05) is 0 Å². The van der Waals surface area contributed by atoms with Gasteiger partial charge in [0.25, 0.3) is 0 Å². The molecular weight excluding hydrogens is 247 g/mol. The summed E-state index contributed by atoms with van der Waals surface area (Å²) >= 11 is 0. The number of hydrogen-bond acceptors (Lipinski definition) is 8. The van der Waals surface area contributed by atoms with E-state index < -0.39 is 49.2 Å². The zero-order valence-electron chi connectivity index (χ0n) is 9.13. The minimum absolute atomic E-state index is 0. The summed E-state index contributed by atoms with van der Waals surface area (Å²) in [6.45, 7) is -0.693. The van der Waals surface area contributed by atoms with Crippen LogP contribution in [-0.2, 0) is 9.53 Å². The van der Waals surface area contributed by atoms with Crippen LogP contribution in [0.15, 0.2) is 0 Å². The van der Waals surface area contributed by atoms with Crippen LogP contribution in [-0.4, -0.2) is 74.7 Å². The summed E-state index contributed by atoms with van der Waals surface area (Å²) in [5.41, 5.74) is 0. The third-order valence-electron chi connectivity index (χ3n) is 2.48. The number of rotatable bonds is 3. The molecule has 0 aliphatic carbocycles. The van der Waals surface area contributed by atoms with Crippen LogP contribution in [0.25, 0.3) is 0 Å². The molecule has 2 unspecified atom stereocenters. The van der Waals surface area contributed by atoms with Crippen molar-refractivity contribution in [1.29, 1.82) is 0 Å². The van der Waals surface area contributed by atoms with Gasteiger partial charge in [0.2, 0.25) is 0 Å². The van der Waals surface area contributed by atoms with E-state index in [2.05, 4.69) is 0 Å². The number of carbonyl (C=O) groups is 1. The summed E-state index contributed by atoms with van der Waals surface area (Å²) in [7, 11) is 0. The van der Waals surface area contributed by atoms with Crippen LogP contribution in [0.2, 0.25) is 0 Å². The van der Waals surface area contributed by atoms with E-state index in [0.29, 0.717) is 0 Å². The standard InChI is InChI=1S/C8H14O8.Na/c9-1-2-3(10)4(11)5(12)7(16-2)6(13)8(14)15;/h2-7,9-13H,1H2,(H,14,15);/q;+1/p-1/t2-,3+,4+,5-,6?,7?;/m1./s1. The average molecular weight is 260 g/mol. The van der Waals surface area contributed by atoms with Gasteiger partial charge in [-0.1, -0.05) is 0 Å². The monoisotopic (exact) mass is 260 g/mol. The van der Waals surface area contributed by atoms with E-state index in [1.54, 1.807) is 0 Å². The number of ether oxygens (including phenoxy) is 1. The van der Waals surface area contributed by atoms with Crippen LogP contribution in [0.3, 0.4) is 0 Å². The van der Waals surface area contributed by atoms with Gasteiger partial charge in [0.05, 0.1) is 12.6 Å². The Labute approximate surface area is 119 Å². The summed E-state index contributed by atoms with van der Waals surface area (Å²) in [5, 5.41) is 56.3. The zero-order chi connectivity index (χ0) is 12.5. The molecule has 0 aromatic carbocycles.